The van der Waals surface area contributed by atoms with Crippen LogP contribution in [0.25, 0.3) is 10.1 Å². The monoisotopic (exact) mass is 284 g/mol. The van der Waals surface area contributed by atoms with Gasteiger partial charge < -0.3 is 15.7 Å². The zero-order chi connectivity index (χ0) is 13.3. The second-order valence-corrected chi connectivity index (χ2v) is 5.42. The van der Waals surface area contributed by atoms with Crippen molar-refractivity contribution in [1.29, 1.82) is 0 Å². The van der Waals surface area contributed by atoms with Gasteiger partial charge in [0.15, 0.2) is 0 Å². The number of halogens is 1. The predicted molar refractivity (Wildman–Crippen MR) is 75.3 cm³/mol. The first-order valence-corrected chi connectivity index (χ1v) is 6.58. The lowest BCUT2D eigenvalue weighted by molar-refractivity contribution is 0.0772. The maximum atomic E-state index is 12.1. The van der Waals surface area contributed by atoms with Crippen molar-refractivity contribution < 1.29 is 9.90 Å². The number of nitrogen functional groups attached to an aromatic ring is 1. The van der Waals surface area contributed by atoms with Gasteiger partial charge in [0.05, 0.1) is 12.3 Å². The van der Waals surface area contributed by atoms with E-state index in [0.717, 1.165) is 10.1 Å². The molecule has 3 N–H and O–H groups in total. The topological polar surface area (TPSA) is 66.6 Å². The fraction of sp³-hybridized carbons (Fsp3) is 0.250. The Kier molecular flexibility index (Phi) is 3.75. The van der Waals surface area contributed by atoms with Crippen LogP contribution in [0.3, 0.4) is 0 Å². The summed E-state index contributed by atoms with van der Waals surface area (Å²) in [6, 6.07) is 5.35. The number of nitrogens with zero attached hydrogens (tertiary/aromatic N) is 1. The molecule has 0 atom stereocenters. The standard InChI is InChI=1S/C12H13ClN2O2S/c1-15(4-5-16)12(17)11-10(14)8-3-2-7(13)6-9(8)18-11/h2-3,6,16H,4-5,14H2,1H3. The number of hydrogen-bond acceptors (Lipinski definition) is 4. The Morgan fingerprint density at radius 1 is 1.56 bits per heavy atom. The molecule has 0 unspecified atom stereocenters. The lowest BCUT2D eigenvalue weighted by Crippen LogP contribution is -2.29. The molecule has 2 aromatic rings. The van der Waals surface area contributed by atoms with Gasteiger partial charge in [-0.05, 0) is 18.2 Å². The van der Waals surface area contributed by atoms with E-state index in [-0.39, 0.29) is 19.1 Å². The van der Waals surface area contributed by atoms with Gasteiger partial charge in [0.2, 0.25) is 0 Å². The Hall–Kier alpha value is -1.30. The molecule has 0 aliphatic heterocycles. The molecule has 6 heteroatoms. The molecular formula is C12H13ClN2O2S. The maximum Gasteiger partial charge on any atom is 0.265 e. The lowest BCUT2D eigenvalue weighted by atomic mass is 10.2. The van der Waals surface area contributed by atoms with Crippen molar-refractivity contribution in [1.82, 2.24) is 4.90 Å². The highest BCUT2D eigenvalue weighted by molar-refractivity contribution is 7.21. The molecule has 0 aliphatic carbocycles. The second kappa shape index (κ2) is 5.14. The SMILES string of the molecule is CN(CCO)C(=O)c1sc2cc(Cl)ccc2c1N. The van der Waals surface area contributed by atoms with Crippen LogP contribution in [0.4, 0.5) is 5.69 Å². The normalized spacial score (nSPS) is 10.8. The summed E-state index contributed by atoms with van der Waals surface area (Å²) < 4.78 is 0.890. The Balaban J connectivity index is 2.45. The summed E-state index contributed by atoms with van der Waals surface area (Å²) in [7, 11) is 1.63. The fourth-order valence-electron chi connectivity index (χ4n) is 1.67. The molecular weight excluding hydrogens is 272 g/mol. The van der Waals surface area contributed by atoms with Gasteiger partial charge in [0, 0.05) is 28.7 Å². The number of carbonyl (C=O) groups excluding carboxylic acids is 1. The summed E-state index contributed by atoms with van der Waals surface area (Å²) in [5, 5.41) is 10.3. The van der Waals surface area contributed by atoms with E-state index in [1.54, 1.807) is 19.2 Å². The van der Waals surface area contributed by atoms with Crippen LogP contribution in [0.5, 0.6) is 0 Å². The number of amides is 1. The van der Waals surface area contributed by atoms with Crippen LogP contribution in [0, 0.1) is 0 Å². The van der Waals surface area contributed by atoms with Crippen LogP contribution in [0.15, 0.2) is 18.2 Å². The second-order valence-electron chi connectivity index (χ2n) is 3.94. The van der Waals surface area contributed by atoms with Crippen molar-refractivity contribution in [2.45, 2.75) is 0 Å². The number of anilines is 1. The number of benzene rings is 1. The van der Waals surface area contributed by atoms with Gasteiger partial charge >= 0.3 is 0 Å². The Morgan fingerprint density at radius 2 is 2.28 bits per heavy atom. The van der Waals surface area contributed by atoms with E-state index < -0.39 is 0 Å². The minimum Gasteiger partial charge on any atom is -0.397 e. The number of hydrogen-bond donors (Lipinski definition) is 2. The third-order valence-corrected chi connectivity index (χ3v) is 4.06. The molecule has 1 aromatic carbocycles. The highest BCUT2D eigenvalue weighted by atomic mass is 35.5. The number of likely N-dealkylation sites (N-methyl/N-ethyl adjacent to an activating group) is 1. The van der Waals surface area contributed by atoms with Gasteiger partial charge in [-0.25, -0.2) is 0 Å². The van der Waals surface area contributed by atoms with Crippen LogP contribution in [-0.4, -0.2) is 36.1 Å². The Bertz CT molecular complexity index is 597. The summed E-state index contributed by atoms with van der Waals surface area (Å²) in [6.45, 7) is 0.214. The van der Waals surface area contributed by atoms with Gasteiger partial charge in [0.25, 0.3) is 5.91 Å². The molecule has 0 aliphatic rings. The van der Waals surface area contributed by atoms with Crippen LogP contribution < -0.4 is 5.73 Å². The Morgan fingerprint density at radius 3 is 2.94 bits per heavy atom. The van der Waals surface area contributed by atoms with Gasteiger partial charge in [-0.15, -0.1) is 11.3 Å². The summed E-state index contributed by atoms with van der Waals surface area (Å²) in [5.74, 6) is -0.182. The van der Waals surface area contributed by atoms with E-state index in [0.29, 0.717) is 15.6 Å². The molecule has 0 radical (unpaired) electrons. The van der Waals surface area contributed by atoms with E-state index in [2.05, 4.69) is 0 Å². The highest BCUT2D eigenvalue weighted by Gasteiger charge is 2.19. The Labute approximate surface area is 114 Å². The van der Waals surface area contributed by atoms with Gasteiger partial charge in [-0.3, -0.25) is 4.79 Å². The summed E-state index contributed by atoms with van der Waals surface area (Å²) in [4.78, 5) is 14.1. The zero-order valence-electron chi connectivity index (χ0n) is 9.81. The molecule has 1 heterocycles. The quantitative estimate of drug-likeness (QED) is 0.908. The van der Waals surface area contributed by atoms with Gasteiger partial charge in [0.1, 0.15) is 4.88 Å². The van der Waals surface area contributed by atoms with Crippen molar-refractivity contribution in [2.75, 3.05) is 25.9 Å². The molecule has 0 bridgehead atoms. The zero-order valence-corrected chi connectivity index (χ0v) is 11.4. The molecule has 2 rings (SSSR count). The average Bonchev–Trinajstić information content (AvgIpc) is 2.65. The first-order chi connectivity index (χ1) is 8.54. The van der Waals surface area contributed by atoms with Crippen LogP contribution >= 0.6 is 22.9 Å². The number of carbonyl (C=O) groups is 1. The molecule has 0 spiro atoms. The van der Waals surface area contributed by atoms with Crippen molar-refractivity contribution in [2.24, 2.45) is 0 Å². The molecule has 0 saturated carbocycles. The molecule has 1 aromatic heterocycles. The predicted octanol–water partition coefficient (Wildman–Crippen LogP) is 2.20. The maximum absolute atomic E-state index is 12.1. The lowest BCUT2D eigenvalue weighted by Gasteiger charge is -2.14. The molecule has 0 saturated heterocycles. The number of nitrogens with two attached hydrogens (primary N) is 1. The smallest absolute Gasteiger partial charge is 0.265 e. The molecule has 1 amide bonds. The van der Waals surface area contributed by atoms with Crippen molar-refractivity contribution in [3.8, 4) is 0 Å². The van der Waals surface area contributed by atoms with Crippen molar-refractivity contribution in [3.05, 3.63) is 28.1 Å². The van der Waals surface area contributed by atoms with Gasteiger partial charge in [-0.1, -0.05) is 11.6 Å². The van der Waals surface area contributed by atoms with E-state index in [9.17, 15) is 4.79 Å². The highest BCUT2D eigenvalue weighted by Crippen LogP contribution is 2.35. The third-order valence-electron chi connectivity index (χ3n) is 2.67. The summed E-state index contributed by atoms with van der Waals surface area (Å²) in [6.07, 6.45) is 0. The minimum atomic E-state index is -0.182. The minimum absolute atomic E-state index is 0.0706. The number of fused-ring (bicyclic) bond motifs is 1. The van der Waals surface area contributed by atoms with Crippen LogP contribution in [-0.2, 0) is 0 Å². The summed E-state index contributed by atoms with van der Waals surface area (Å²) in [5.41, 5.74) is 6.45. The van der Waals surface area contributed by atoms with E-state index >= 15 is 0 Å². The number of aliphatic hydroxyl groups is 1. The first kappa shape index (κ1) is 13.1. The van der Waals surface area contributed by atoms with Crippen LogP contribution in [0.2, 0.25) is 5.02 Å². The largest absolute Gasteiger partial charge is 0.397 e. The van der Waals surface area contributed by atoms with Crippen molar-refractivity contribution >= 4 is 44.6 Å². The average molecular weight is 285 g/mol. The van der Waals surface area contributed by atoms with Gasteiger partial charge in [-0.2, -0.15) is 0 Å². The number of aliphatic hydroxyl groups excluding tert-OH is 1. The van der Waals surface area contributed by atoms with E-state index in [1.807, 2.05) is 6.07 Å². The number of thiophene rings is 1. The summed E-state index contributed by atoms with van der Waals surface area (Å²) >= 11 is 7.23. The molecule has 0 fully saturated rings. The molecule has 4 nitrogen and oxygen atoms in total. The first-order valence-electron chi connectivity index (χ1n) is 5.38. The molecule has 18 heavy (non-hydrogen) atoms. The third kappa shape index (κ3) is 2.29. The fourth-order valence-corrected chi connectivity index (χ4v) is 3.07. The number of rotatable bonds is 3. The molecule has 96 valence electrons. The van der Waals surface area contributed by atoms with E-state index in [4.69, 9.17) is 22.4 Å². The van der Waals surface area contributed by atoms with E-state index in [1.165, 1.54) is 16.2 Å². The van der Waals surface area contributed by atoms with Crippen molar-refractivity contribution in [3.63, 3.8) is 0 Å². The van der Waals surface area contributed by atoms with Crippen LogP contribution in [0.1, 0.15) is 9.67 Å².